The third-order valence-electron chi connectivity index (χ3n) is 2.67. The van der Waals surface area contributed by atoms with Crippen molar-refractivity contribution < 1.29 is 4.74 Å². The van der Waals surface area contributed by atoms with E-state index in [1.54, 1.807) is 12.4 Å². The highest BCUT2D eigenvalue weighted by Gasteiger charge is 1.97. The molecule has 2 nitrogen and oxygen atoms in total. The zero-order valence-electron chi connectivity index (χ0n) is 11.2. The Morgan fingerprint density at radius 3 is 2.80 bits per heavy atom. The molecule has 2 aromatic rings. The van der Waals surface area contributed by atoms with Gasteiger partial charge in [0.25, 0.3) is 0 Å². The van der Waals surface area contributed by atoms with Gasteiger partial charge in [0.05, 0.1) is 12.8 Å². The molecule has 0 unspecified atom stereocenters. The van der Waals surface area contributed by atoms with E-state index in [0.717, 1.165) is 17.7 Å². The Kier molecular flexibility index (Phi) is 5.95. The van der Waals surface area contributed by atoms with Crippen LogP contribution in [0.1, 0.15) is 17.5 Å². The van der Waals surface area contributed by atoms with Crippen molar-refractivity contribution in [1.29, 1.82) is 0 Å². The van der Waals surface area contributed by atoms with E-state index in [-0.39, 0.29) is 0 Å². The molecule has 2 rings (SSSR count). The number of aromatic nitrogens is 1. The fraction of sp³-hybridized carbons (Fsp3) is 0.235. The Hall–Kier alpha value is -1.98. The summed E-state index contributed by atoms with van der Waals surface area (Å²) in [6.45, 7) is 0.629. The molecule has 20 heavy (non-hydrogen) atoms. The van der Waals surface area contributed by atoms with Crippen molar-refractivity contribution in [3.8, 4) is 17.6 Å². The predicted molar refractivity (Wildman–Crippen MR) is 82.1 cm³/mol. The van der Waals surface area contributed by atoms with Crippen molar-refractivity contribution in [2.45, 2.75) is 12.8 Å². The summed E-state index contributed by atoms with van der Waals surface area (Å²) in [6.07, 6.45) is 4.99. The van der Waals surface area contributed by atoms with E-state index in [1.165, 1.54) is 5.56 Å². The Labute approximate surface area is 124 Å². The molecule has 0 aliphatic heterocycles. The summed E-state index contributed by atoms with van der Waals surface area (Å²) in [7, 11) is 0. The summed E-state index contributed by atoms with van der Waals surface area (Å²) in [5, 5.41) is 0. The zero-order chi connectivity index (χ0) is 14.0. The molecule has 0 saturated heterocycles. The highest BCUT2D eigenvalue weighted by atomic mass is 35.5. The van der Waals surface area contributed by atoms with Crippen molar-refractivity contribution in [1.82, 2.24) is 4.98 Å². The van der Waals surface area contributed by atoms with Crippen molar-refractivity contribution in [3.05, 3.63) is 59.9 Å². The van der Waals surface area contributed by atoms with Gasteiger partial charge in [-0.2, -0.15) is 0 Å². The summed E-state index contributed by atoms with van der Waals surface area (Å²) in [6, 6.07) is 12.2. The van der Waals surface area contributed by atoms with Gasteiger partial charge in [-0.15, -0.1) is 11.6 Å². The molecule has 0 saturated carbocycles. The monoisotopic (exact) mass is 285 g/mol. The molecular formula is C17H16ClNO. The third-order valence-corrected chi connectivity index (χ3v) is 2.86. The van der Waals surface area contributed by atoms with Gasteiger partial charge >= 0.3 is 0 Å². The number of halogens is 1. The molecule has 102 valence electrons. The lowest BCUT2D eigenvalue weighted by atomic mass is 10.2. The van der Waals surface area contributed by atoms with Crippen LogP contribution in [0.2, 0.25) is 0 Å². The van der Waals surface area contributed by atoms with Crippen molar-refractivity contribution in [3.63, 3.8) is 0 Å². The number of hydrogen-bond acceptors (Lipinski definition) is 2. The Bertz CT molecular complexity index is 587. The van der Waals surface area contributed by atoms with Crippen LogP contribution >= 0.6 is 11.6 Å². The second-order valence-electron chi connectivity index (χ2n) is 4.23. The molecule has 0 fully saturated rings. The quantitative estimate of drug-likeness (QED) is 0.617. The maximum atomic E-state index is 5.70. The van der Waals surface area contributed by atoms with Crippen LogP contribution in [-0.4, -0.2) is 17.5 Å². The van der Waals surface area contributed by atoms with Crippen LogP contribution in [-0.2, 0) is 6.42 Å². The topological polar surface area (TPSA) is 22.1 Å². The molecule has 3 heteroatoms. The molecule has 0 amide bonds. The number of rotatable bonds is 5. The first-order valence-electron chi connectivity index (χ1n) is 6.55. The molecular weight excluding hydrogens is 270 g/mol. The van der Waals surface area contributed by atoms with Crippen LogP contribution in [0.25, 0.3) is 0 Å². The minimum Gasteiger partial charge on any atom is -0.492 e. The lowest BCUT2D eigenvalue weighted by Crippen LogP contribution is -2.01. The number of benzene rings is 1. The molecule has 1 aromatic heterocycles. The summed E-state index contributed by atoms with van der Waals surface area (Å²) >= 11 is 5.58. The highest BCUT2D eigenvalue weighted by molar-refractivity contribution is 6.18. The van der Waals surface area contributed by atoms with E-state index in [4.69, 9.17) is 16.3 Å². The molecule has 0 N–H and O–H groups in total. The van der Waals surface area contributed by atoms with Gasteiger partial charge in [-0.1, -0.05) is 42.2 Å². The van der Waals surface area contributed by atoms with Gasteiger partial charge in [0.2, 0.25) is 0 Å². The minimum atomic E-state index is 0.549. The maximum absolute atomic E-state index is 5.70. The summed E-state index contributed by atoms with van der Waals surface area (Å²) < 4.78 is 5.70. The van der Waals surface area contributed by atoms with Crippen molar-refractivity contribution >= 4 is 11.6 Å². The van der Waals surface area contributed by atoms with Gasteiger partial charge < -0.3 is 4.74 Å². The molecule has 0 atom stereocenters. The van der Waals surface area contributed by atoms with Crippen LogP contribution in [0.4, 0.5) is 0 Å². The predicted octanol–water partition coefficient (Wildman–Crippen LogP) is 3.68. The van der Waals surface area contributed by atoms with Gasteiger partial charge in [-0.3, -0.25) is 4.98 Å². The van der Waals surface area contributed by atoms with Gasteiger partial charge in [0.1, 0.15) is 5.75 Å². The van der Waals surface area contributed by atoms with Crippen LogP contribution in [0.3, 0.4) is 0 Å². The second-order valence-corrected chi connectivity index (χ2v) is 4.61. The molecule has 0 radical (unpaired) electrons. The Balaban J connectivity index is 1.87. The van der Waals surface area contributed by atoms with Crippen LogP contribution in [0.5, 0.6) is 5.75 Å². The summed E-state index contributed by atoms with van der Waals surface area (Å²) in [5.41, 5.74) is 2.12. The lowest BCUT2D eigenvalue weighted by molar-refractivity contribution is 0.320. The molecule has 0 bridgehead atoms. The van der Waals surface area contributed by atoms with E-state index in [0.29, 0.717) is 18.9 Å². The van der Waals surface area contributed by atoms with Crippen LogP contribution in [0, 0.1) is 11.8 Å². The Morgan fingerprint density at radius 2 is 2.00 bits per heavy atom. The van der Waals surface area contributed by atoms with E-state index in [1.807, 2.05) is 24.3 Å². The first-order chi connectivity index (χ1) is 9.88. The zero-order valence-corrected chi connectivity index (χ0v) is 11.9. The lowest BCUT2D eigenvalue weighted by Gasteiger charge is -2.06. The van der Waals surface area contributed by atoms with E-state index >= 15 is 0 Å². The first kappa shape index (κ1) is 14.4. The standard InChI is InChI=1S/C17H16ClNO/c18-10-5-4-8-16-12-17(14-19-13-16)20-11-9-15-6-2-1-3-7-15/h1-3,6-7,12-14H,5,9-11H2. The van der Waals surface area contributed by atoms with Crippen molar-refractivity contribution in [2.24, 2.45) is 0 Å². The molecule has 0 aliphatic carbocycles. The average Bonchev–Trinajstić information content (AvgIpc) is 2.49. The van der Waals surface area contributed by atoms with Crippen LogP contribution < -0.4 is 4.74 Å². The highest BCUT2D eigenvalue weighted by Crippen LogP contribution is 2.11. The smallest absolute Gasteiger partial charge is 0.138 e. The molecule has 0 spiro atoms. The number of hydrogen-bond donors (Lipinski definition) is 0. The molecule has 0 aliphatic rings. The van der Waals surface area contributed by atoms with Gasteiger partial charge in [-0.25, -0.2) is 0 Å². The van der Waals surface area contributed by atoms with E-state index < -0.39 is 0 Å². The summed E-state index contributed by atoms with van der Waals surface area (Å²) in [5.74, 6) is 7.30. The number of ether oxygens (including phenoxy) is 1. The van der Waals surface area contributed by atoms with Crippen molar-refractivity contribution in [2.75, 3.05) is 12.5 Å². The third kappa shape index (κ3) is 4.95. The number of alkyl halides is 1. The average molecular weight is 286 g/mol. The minimum absolute atomic E-state index is 0.549. The van der Waals surface area contributed by atoms with Gasteiger partial charge in [0.15, 0.2) is 0 Å². The fourth-order valence-corrected chi connectivity index (χ4v) is 1.80. The number of pyridine rings is 1. The second kappa shape index (κ2) is 8.24. The van der Waals surface area contributed by atoms with Gasteiger partial charge in [0, 0.05) is 30.5 Å². The Morgan fingerprint density at radius 1 is 1.15 bits per heavy atom. The van der Waals surface area contributed by atoms with E-state index in [9.17, 15) is 0 Å². The SMILES string of the molecule is ClCCC#Cc1cncc(OCCc2ccccc2)c1. The normalized spacial score (nSPS) is 9.65. The number of nitrogens with zero attached hydrogens (tertiary/aromatic N) is 1. The molecule has 1 aromatic carbocycles. The summed E-state index contributed by atoms with van der Waals surface area (Å²) in [4.78, 5) is 4.13. The first-order valence-corrected chi connectivity index (χ1v) is 7.08. The molecule has 1 heterocycles. The van der Waals surface area contributed by atoms with Crippen LogP contribution in [0.15, 0.2) is 48.8 Å². The maximum Gasteiger partial charge on any atom is 0.138 e. The van der Waals surface area contributed by atoms with Gasteiger partial charge in [-0.05, 0) is 11.6 Å². The largest absolute Gasteiger partial charge is 0.492 e. The van der Waals surface area contributed by atoms with E-state index in [2.05, 4.69) is 29.0 Å². The fourth-order valence-electron chi connectivity index (χ4n) is 1.71.